The second kappa shape index (κ2) is 7.12. The number of hydrogen-bond acceptors (Lipinski definition) is 2. The van der Waals surface area contributed by atoms with Crippen molar-refractivity contribution in [2.45, 2.75) is 18.0 Å². The van der Waals surface area contributed by atoms with E-state index in [-0.39, 0.29) is 0 Å². The second-order valence-electron chi connectivity index (χ2n) is 3.46. The lowest BCUT2D eigenvalue weighted by Crippen LogP contribution is -2.20. The average Bonchev–Trinajstić information content (AvgIpc) is 2.39. The van der Waals surface area contributed by atoms with Gasteiger partial charge in [0, 0.05) is 17.9 Å². The maximum absolute atomic E-state index is 12.7. The molecule has 0 heterocycles. The molecular formula is C11H13ClFN3O. The van der Waals surface area contributed by atoms with Gasteiger partial charge in [0.2, 0.25) is 0 Å². The summed E-state index contributed by atoms with van der Waals surface area (Å²) < 4.78 is 17.9. The molecule has 0 fully saturated rings. The molecular weight excluding hydrogens is 245 g/mol. The smallest absolute Gasteiger partial charge is 0.101 e. The predicted molar refractivity (Wildman–Crippen MR) is 64.7 cm³/mol. The van der Waals surface area contributed by atoms with Gasteiger partial charge in [-0.2, -0.15) is 0 Å². The van der Waals surface area contributed by atoms with Crippen molar-refractivity contribution in [1.29, 1.82) is 0 Å². The van der Waals surface area contributed by atoms with Crippen molar-refractivity contribution in [2.24, 2.45) is 5.11 Å². The third-order valence-electron chi connectivity index (χ3n) is 2.42. The number of ether oxygens (including phenoxy) is 1. The molecule has 0 saturated heterocycles. The topological polar surface area (TPSA) is 58.0 Å². The molecule has 0 N–H and O–H groups in total. The number of nitrogens with zero attached hydrogens (tertiary/aromatic N) is 3. The molecule has 0 aliphatic carbocycles. The molecule has 2 atom stereocenters. The number of methoxy groups -OCH3 is 1. The van der Waals surface area contributed by atoms with Crippen LogP contribution >= 0.6 is 11.6 Å². The first kappa shape index (κ1) is 13.8. The van der Waals surface area contributed by atoms with Crippen LogP contribution in [0.4, 0.5) is 4.39 Å². The van der Waals surface area contributed by atoms with Crippen molar-refractivity contribution in [3.05, 3.63) is 45.8 Å². The lowest BCUT2D eigenvalue weighted by Gasteiger charge is -2.20. The van der Waals surface area contributed by atoms with Gasteiger partial charge in [0.15, 0.2) is 0 Å². The molecule has 0 aromatic heterocycles. The number of halogens is 2. The predicted octanol–water partition coefficient (Wildman–Crippen LogP) is 3.76. The molecule has 1 aromatic carbocycles. The van der Waals surface area contributed by atoms with Crippen LogP contribution in [0.2, 0.25) is 0 Å². The number of rotatable bonds is 6. The molecule has 6 heteroatoms. The van der Waals surface area contributed by atoms with Crippen molar-refractivity contribution < 1.29 is 9.13 Å². The molecule has 0 saturated carbocycles. The highest BCUT2D eigenvalue weighted by molar-refractivity contribution is 6.17. The second-order valence-corrected chi connectivity index (χ2v) is 3.73. The van der Waals surface area contributed by atoms with Crippen LogP contribution in [-0.2, 0) is 10.6 Å². The normalized spacial score (nSPS) is 13.8. The Labute approximate surface area is 104 Å². The fourth-order valence-electron chi connectivity index (χ4n) is 1.55. The Hall–Kier alpha value is -1.29. The van der Waals surface area contributed by atoms with Crippen LogP contribution in [0.3, 0.4) is 0 Å². The minimum atomic E-state index is -0.855. The maximum atomic E-state index is 12.7. The van der Waals surface area contributed by atoms with Crippen LogP contribution < -0.4 is 0 Å². The van der Waals surface area contributed by atoms with Crippen molar-refractivity contribution >= 4 is 11.6 Å². The van der Waals surface area contributed by atoms with E-state index in [1.807, 2.05) is 12.1 Å². The summed E-state index contributed by atoms with van der Waals surface area (Å²) in [5.74, 6) is 0.417. The molecule has 4 nitrogen and oxygen atoms in total. The van der Waals surface area contributed by atoms with Crippen molar-refractivity contribution in [3.63, 3.8) is 0 Å². The van der Waals surface area contributed by atoms with Crippen LogP contribution in [0.5, 0.6) is 0 Å². The average molecular weight is 258 g/mol. The van der Waals surface area contributed by atoms with Crippen LogP contribution in [-0.4, -0.2) is 19.8 Å². The van der Waals surface area contributed by atoms with E-state index in [4.69, 9.17) is 21.9 Å². The van der Waals surface area contributed by atoms with E-state index in [0.717, 1.165) is 11.1 Å². The molecule has 0 aliphatic heterocycles. The van der Waals surface area contributed by atoms with E-state index in [0.29, 0.717) is 5.88 Å². The zero-order chi connectivity index (χ0) is 12.7. The standard InChI is InChI=1S/C11H13ClFN3O/c1-17-11(10(7-13)15-16-14)9-4-2-8(6-12)3-5-9/h2-5,10-11H,6-7H2,1H3/t10-,11-/m1/s1. The fraction of sp³-hybridized carbons (Fsp3) is 0.455. The third kappa shape index (κ3) is 3.60. The first-order valence-corrected chi connectivity index (χ1v) is 5.58. The molecule has 0 bridgehead atoms. The van der Waals surface area contributed by atoms with Crippen molar-refractivity contribution in [1.82, 2.24) is 0 Å². The van der Waals surface area contributed by atoms with Crippen molar-refractivity contribution in [2.75, 3.05) is 13.8 Å². The summed E-state index contributed by atoms with van der Waals surface area (Å²) >= 11 is 5.67. The lowest BCUT2D eigenvalue weighted by molar-refractivity contribution is 0.0722. The van der Waals surface area contributed by atoms with Crippen LogP contribution in [0, 0.1) is 0 Å². The summed E-state index contributed by atoms with van der Waals surface area (Å²) in [5.41, 5.74) is 10.1. The van der Waals surface area contributed by atoms with Gasteiger partial charge in [-0.25, -0.2) is 0 Å². The summed E-state index contributed by atoms with van der Waals surface area (Å²) in [4.78, 5) is 2.62. The fourth-order valence-corrected chi connectivity index (χ4v) is 1.73. The van der Waals surface area contributed by atoms with Gasteiger partial charge in [-0.1, -0.05) is 29.4 Å². The number of benzene rings is 1. The largest absolute Gasteiger partial charge is 0.376 e. The van der Waals surface area contributed by atoms with Gasteiger partial charge in [0.05, 0.1) is 12.1 Å². The Morgan fingerprint density at radius 2 is 2.12 bits per heavy atom. The quantitative estimate of drug-likeness (QED) is 0.331. The summed E-state index contributed by atoms with van der Waals surface area (Å²) in [6.45, 7) is -0.764. The number of hydrogen-bond donors (Lipinski definition) is 0. The summed E-state index contributed by atoms with van der Waals surface area (Å²) in [6, 6.07) is 6.40. The lowest BCUT2D eigenvalue weighted by atomic mass is 10.0. The maximum Gasteiger partial charge on any atom is 0.101 e. The summed E-state index contributed by atoms with van der Waals surface area (Å²) in [6.07, 6.45) is -0.583. The van der Waals surface area contributed by atoms with Gasteiger partial charge in [-0.3, -0.25) is 4.39 Å². The highest BCUT2D eigenvalue weighted by atomic mass is 35.5. The minimum absolute atomic E-state index is 0.417. The van der Waals surface area contributed by atoms with Gasteiger partial charge in [0.25, 0.3) is 0 Å². The Kier molecular flexibility index (Phi) is 5.77. The SMILES string of the molecule is CO[C@H](c1ccc(CCl)cc1)[C@@H](CF)N=[N+]=[N-]. The first-order valence-electron chi connectivity index (χ1n) is 5.04. The van der Waals surface area contributed by atoms with Crippen LogP contribution in [0.15, 0.2) is 29.4 Å². The third-order valence-corrected chi connectivity index (χ3v) is 2.73. The molecule has 17 heavy (non-hydrogen) atoms. The van der Waals surface area contributed by atoms with E-state index >= 15 is 0 Å². The zero-order valence-electron chi connectivity index (χ0n) is 9.38. The number of azide groups is 1. The molecule has 0 aliphatic rings. The zero-order valence-corrected chi connectivity index (χ0v) is 10.1. The molecule has 0 spiro atoms. The Balaban J connectivity index is 2.94. The van der Waals surface area contributed by atoms with Crippen LogP contribution in [0.1, 0.15) is 17.2 Å². The first-order chi connectivity index (χ1) is 8.26. The van der Waals surface area contributed by atoms with E-state index in [9.17, 15) is 4.39 Å². The summed E-state index contributed by atoms with van der Waals surface area (Å²) in [5, 5.41) is 3.39. The van der Waals surface area contributed by atoms with Crippen molar-refractivity contribution in [3.8, 4) is 0 Å². The van der Waals surface area contributed by atoms with Gasteiger partial charge in [-0.05, 0) is 16.7 Å². The van der Waals surface area contributed by atoms with Gasteiger partial charge >= 0.3 is 0 Å². The Morgan fingerprint density at radius 3 is 2.53 bits per heavy atom. The monoisotopic (exact) mass is 257 g/mol. The van der Waals surface area contributed by atoms with E-state index in [1.54, 1.807) is 12.1 Å². The molecule has 1 rings (SSSR count). The highest BCUT2D eigenvalue weighted by Gasteiger charge is 2.21. The van der Waals surface area contributed by atoms with E-state index in [1.165, 1.54) is 7.11 Å². The molecule has 0 unspecified atom stereocenters. The van der Waals surface area contributed by atoms with E-state index < -0.39 is 18.8 Å². The molecule has 0 amide bonds. The van der Waals surface area contributed by atoms with Gasteiger partial charge in [0.1, 0.15) is 6.67 Å². The van der Waals surface area contributed by atoms with E-state index in [2.05, 4.69) is 10.0 Å². The van der Waals surface area contributed by atoms with Gasteiger partial charge in [-0.15, -0.1) is 11.6 Å². The highest BCUT2D eigenvalue weighted by Crippen LogP contribution is 2.24. The van der Waals surface area contributed by atoms with Crippen LogP contribution in [0.25, 0.3) is 10.4 Å². The molecule has 92 valence electrons. The van der Waals surface area contributed by atoms with Gasteiger partial charge < -0.3 is 4.74 Å². The Bertz CT molecular complexity index is 392. The Morgan fingerprint density at radius 1 is 1.47 bits per heavy atom. The summed E-state index contributed by atoms with van der Waals surface area (Å²) in [7, 11) is 1.45. The minimum Gasteiger partial charge on any atom is -0.376 e. The molecule has 0 radical (unpaired) electrons. The molecule has 1 aromatic rings. The number of alkyl halides is 2.